The van der Waals surface area contributed by atoms with Crippen LogP contribution in [0.5, 0.6) is 0 Å². The van der Waals surface area contributed by atoms with Gasteiger partial charge in [-0.2, -0.15) is 0 Å². The molecule has 5 aliphatic rings. The lowest BCUT2D eigenvalue weighted by Gasteiger charge is -2.46. The molecular weight excluding hydrogens is 376 g/mol. The maximum Gasteiger partial charge on any atom is 0.320 e. The van der Waals surface area contributed by atoms with Crippen molar-refractivity contribution in [3.05, 3.63) is 12.2 Å². The van der Waals surface area contributed by atoms with E-state index in [1.165, 1.54) is 14.0 Å². The summed E-state index contributed by atoms with van der Waals surface area (Å²) in [6, 6.07) is 0. The van der Waals surface area contributed by atoms with E-state index in [0.29, 0.717) is 32.1 Å². The van der Waals surface area contributed by atoms with Crippen LogP contribution in [0.3, 0.4) is 0 Å². The fourth-order valence-corrected chi connectivity index (χ4v) is 7.98. The molecule has 0 radical (unpaired) electrons. The Bertz CT molecular complexity index is 892. The van der Waals surface area contributed by atoms with Crippen LogP contribution in [0.25, 0.3) is 0 Å². The highest BCUT2D eigenvalue weighted by atomic mass is 16.6. The van der Waals surface area contributed by atoms with Gasteiger partial charge in [0.2, 0.25) is 0 Å². The number of carbonyl (C=O) groups is 4. The standard InChI is InChI=1S/C22H26O7/c1-11-9-20-10-21(11,28-12(2)23)7-5-13(20)22-8-6-14(24)19(3,18(26)29-22)16(22)15(20)17(25)27-4/h13,15-16H,1,5-10H2,2-4H3/t13-,15-,16-,19-,20+,21+,22-/m1/s1. The Morgan fingerprint density at radius 1 is 1.24 bits per heavy atom. The SMILES string of the molecule is C=C1C[C@]23C[C@@]1(OC(C)=O)CC[C@H]2[C@@]12CCC(=O)[C@@](C)(C(=O)O1)[C@H]2[C@@H]3C(=O)OC. The number of hydrogen-bond donors (Lipinski definition) is 0. The molecule has 7 atom stereocenters. The van der Waals surface area contributed by atoms with E-state index >= 15 is 0 Å². The van der Waals surface area contributed by atoms with Crippen LogP contribution in [0.15, 0.2) is 12.2 Å². The number of rotatable bonds is 2. The van der Waals surface area contributed by atoms with E-state index in [-0.39, 0.29) is 24.1 Å². The summed E-state index contributed by atoms with van der Waals surface area (Å²) in [6.07, 6.45) is 2.91. The lowest BCUT2D eigenvalue weighted by atomic mass is 9.59. The van der Waals surface area contributed by atoms with Crippen LogP contribution in [-0.2, 0) is 33.4 Å². The van der Waals surface area contributed by atoms with Gasteiger partial charge in [0, 0.05) is 25.2 Å². The zero-order valence-corrected chi connectivity index (χ0v) is 17.0. The molecule has 0 amide bonds. The highest BCUT2D eigenvalue weighted by molar-refractivity contribution is 6.07. The van der Waals surface area contributed by atoms with Gasteiger partial charge >= 0.3 is 17.9 Å². The summed E-state index contributed by atoms with van der Waals surface area (Å²) in [7, 11) is 1.34. The monoisotopic (exact) mass is 402 g/mol. The fourth-order valence-electron chi connectivity index (χ4n) is 7.98. The molecule has 1 saturated heterocycles. The summed E-state index contributed by atoms with van der Waals surface area (Å²) < 4.78 is 17.0. The number of Topliss-reactive ketones (excluding diaryl/α,β-unsaturated/α-hetero) is 1. The van der Waals surface area contributed by atoms with Gasteiger partial charge in [0.1, 0.15) is 16.6 Å². The molecule has 5 fully saturated rings. The van der Waals surface area contributed by atoms with E-state index in [1.54, 1.807) is 6.92 Å². The largest absolute Gasteiger partial charge is 0.469 e. The molecule has 29 heavy (non-hydrogen) atoms. The smallest absolute Gasteiger partial charge is 0.320 e. The Morgan fingerprint density at radius 2 is 1.97 bits per heavy atom. The molecule has 4 bridgehead atoms. The second kappa shape index (κ2) is 5.29. The molecule has 4 saturated carbocycles. The number of carbonyl (C=O) groups excluding carboxylic acids is 4. The number of ether oxygens (including phenoxy) is 3. The number of hydrogen-bond acceptors (Lipinski definition) is 7. The lowest BCUT2D eigenvalue weighted by molar-refractivity contribution is -0.169. The average Bonchev–Trinajstić information content (AvgIpc) is 3.08. The van der Waals surface area contributed by atoms with Crippen LogP contribution in [0, 0.1) is 28.6 Å². The van der Waals surface area contributed by atoms with Crippen LogP contribution in [-0.4, -0.2) is 42.0 Å². The van der Waals surface area contributed by atoms with E-state index in [9.17, 15) is 19.2 Å². The molecule has 4 aliphatic carbocycles. The molecule has 1 aliphatic heterocycles. The van der Waals surface area contributed by atoms with E-state index in [0.717, 1.165) is 5.57 Å². The zero-order chi connectivity index (χ0) is 21.0. The van der Waals surface area contributed by atoms with E-state index in [2.05, 4.69) is 6.58 Å². The number of esters is 3. The van der Waals surface area contributed by atoms with Crippen LogP contribution in [0.2, 0.25) is 0 Å². The normalized spacial score (nSPS) is 49.3. The van der Waals surface area contributed by atoms with Gasteiger partial charge < -0.3 is 14.2 Å². The summed E-state index contributed by atoms with van der Waals surface area (Å²) in [5.74, 6) is -2.79. The first kappa shape index (κ1) is 18.8. The minimum atomic E-state index is -1.34. The first-order valence-corrected chi connectivity index (χ1v) is 10.3. The highest BCUT2D eigenvalue weighted by Crippen LogP contribution is 2.78. The second-order valence-corrected chi connectivity index (χ2v) is 9.82. The average molecular weight is 402 g/mol. The van der Waals surface area contributed by atoms with E-state index < -0.39 is 45.8 Å². The quantitative estimate of drug-likeness (QED) is 0.302. The minimum absolute atomic E-state index is 0.0918. The summed E-state index contributed by atoms with van der Waals surface area (Å²) >= 11 is 0. The molecule has 0 aromatic carbocycles. The van der Waals surface area contributed by atoms with Crippen LogP contribution >= 0.6 is 0 Å². The third-order valence-corrected chi connectivity index (χ3v) is 8.85. The van der Waals surface area contributed by atoms with Crippen LogP contribution in [0.4, 0.5) is 0 Å². The van der Waals surface area contributed by atoms with Gasteiger partial charge in [0.05, 0.1) is 13.0 Å². The molecule has 5 rings (SSSR count). The molecule has 1 spiro atoms. The molecule has 1 heterocycles. The van der Waals surface area contributed by atoms with Crippen molar-refractivity contribution in [2.75, 3.05) is 7.11 Å². The maximum atomic E-state index is 13.2. The second-order valence-electron chi connectivity index (χ2n) is 9.82. The van der Waals surface area contributed by atoms with Gasteiger partial charge in [-0.25, -0.2) is 0 Å². The Balaban J connectivity index is 1.71. The molecule has 0 N–H and O–H groups in total. The molecule has 7 nitrogen and oxygen atoms in total. The molecular formula is C22H26O7. The maximum absolute atomic E-state index is 13.2. The summed E-state index contributed by atoms with van der Waals surface area (Å²) in [5, 5.41) is 0. The van der Waals surface area contributed by atoms with Gasteiger partial charge in [0.25, 0.3) is 0 Å². The Hall–Kier alpha value is -2.18. The van der Waals surface area contributed by atoms with Crippen molar-refractivity contribution in [1.82, 2.24) is 0 Å². The summed E-state index contributed by atoms with van der Waals surface area (Å²) in [5.41, 5.74) is -2.76. The van der Waals surface area contributed by atoms with Crippen molar-refractivity contribution in [3.8, 4) is 0 Å². The highest BCUT2D eigenvalue weighted by Gasteiger charge is 2.85. The van der Waals surface area contributed by atoms with Gasteiger partial charge in [-0.1, -0.05) is 6.58 Å². The first-order valence-electron chi connectivity index (χ1n) is 10.3. The first-order chi connectivity index (χ1) is 13.6. The van der Waals surface area contributed by atoms with Crippen molar-refractivity contribution < 1.29 is 33.4 Å². The summed E-state index contributed by atoms with van der Waals surface area (Å²) in [6.45, 7) is 7.23. The van der Waals surface area contributed by atoms with Crippen molar-refractivity contribution in [3.63, 3.8) is 0 Å². The predicted molar refractivity (Wildman–Crippen MR) is 98.2 cm³/mol. The zero-order valence-electron chi connectivity index (χ0n) is 17.0. The van der Waals surface area contributed by atoms with Gasteiger partial charge in [-0.05, 0) is 50.0 Å². The molecule has 156 valence electrons. The molecule has 0 aromatic heterocycles. The topological polar surface area (TPSA) is 96.0 Å². The van der Waals surface area contributed by atoms with Crippen molar-refractivity contribution >= 4 is 23.7 Å². The number of fused-ring (bicyclic) bond motifs is 1. The van der Waals surface area contributed by atoms with Crippen LogP contribution < -0.4 is 0 Å². The summed E-state index contributed by atoms with van der Waals surface area (Å²) in [4.78, 5) is 50.9. The van der Waals surface area contributed by atoms with Crippen molar-refractivity contribution in [2.45, 2.75) is 63.6 Å². The van der Waals surface area contributed by atoms with E-state index in [1.807, 2.05) is 0 Å². The Labute approximate surface area is 169 Å². The third kappa shape index (κ3) is 1.86. The van der Waals surface area contributed by atoms with E-state index in [4.69, 9.17) is 14.2 Å². The minimum Gasteiger partial charge on any atom is -0.469 e. The lowest BCUT2D eigenvalue weighted by Crippen LogP contribution is -2.51. The predicted octanol–water partition coefficient (Wildman–Crippen LogP) is 2.12. The van der Waals surface area contributed by atoms with Gasteiger partial charge in [0.15, 0.2) is 5.78 Å². The number of methoxy groups -OCH3 is 1. The van der Waals surface area contributed by atoms with Gasteiger partial charge in [-0.15, -0.1) is 0 Å². The molecule has 0 aromatic rings. The van der Waals surface area contributed by atoms with Crippen molar-refractivity contribution in [1.29, 1.82) is 0 Å². The van der Waals surface area contributed by atoms with Crippen molar-refractivity contribution in [2.24, 2.45) is 28.6 Å². The fraction of sp³-hybridized carbons (Fsp3) is 0.727. The van der Waals surface area contributed by atoms with Crippen LogP contribution in [0.1, 0.15) is 52.4 Å². The third-order valence-electron chi connectivity index (χ3n) is 8.85. The number of ketones is 1. The van der Waals surface area contributed by atoms with Gasteiger partial charge in [-0.3, -0.25) is 19.2 Å². The Kier molecular flexibility index (Phi) is 3.44. The Morgan fingerprint density at radius 3 is 2.62 bits per heavy atom. The molecule has 0 unspecified atom stereocenters. The molecule has 7 heteroatoms.